The number of ether oxygens (including phenoxy) is 2. The fourth-order valence-electron chi connectivity index (χ4n) is 4.41. The molecule has 4 heterocycles. The van der Waals surface area contributed by atoms with Gasteiger partial charge in [-0.15, -0.1) is 0 Å². The van der Waals surface area contributed by atoms with Gasteiger partial charge in [0.25, 0.3) is 0 Å². The first kappa shape index (κ1) is 23.6. The van der Waals surface area contributed by atoms with Crippen molar-refractivity contribution in [3.8, 4) is 5.75 Å². The summed E-state index contributed by atoms with van der Waals surface area (Å²) in [6.07, 6.45) is 4.68. The van der Waals surface area contributed by atoms with E-state index in [-0.39, 0.29) is 6.04 Å². The van der Waals surface area contributed by atoms with E-state index in [2.05, 4.69) is 30.5 Å². The van der Waals surface area contributed by atoms with Crippen molar-refractivity contribution in [3.05, 3.63) is 24.5 Å². The van der Waals surface area contributed by atoms with Crippen LogP contribution in [0.25, 0.3) is 11.2 Å². The van der Waals surface area contributed by atoms with Crippen molar-refractivity contribution in [3.63, 3.8) is 0 Å². The van der Waals surface area contributed by atoms with Gasteiger partial charge in [0.1, 0.15) is 11.3 Å². The standard InChI is InChI=1S/C22H30N8O4S/c1-33-18-13-16(29-7-9-30(10-8-29)35(2,31)32)3-4-17(18)26-22-27-20-19(23-14-24-20)21(28-22)25-15-5-11-34-12-6-15/h3-4,13-15H,5-12H2,1-2H3,(H3,23,24,25,26,27,28). The molecule has 3 N–H and O–H groups in total. The minimum atomic E-state index is -3.17. The van der Waals surface area contributed by atoms with E-state index in [1.807, 2.05) is 18.2 Å². The molecule has 0 atom stereocenters. The zero-order chi connectivity index (χ0) is 24.4. The molecular formula is C22H30N8O4S. The number of nitrogens with zero attached hydrogens (tertiary/aromatic N) is 5. The summed E-state index contributed by atoms with van der Waals surface area (Å²) >= 11 is 0. The van der Waals surface area contributed by atoms with E-state index >= 15 is 0 Å². The SMILES string of the molecule is COc1cc(N2CCN(S(C)(=O)=O)CC2)ccc1Nc1nc(NC2CCOCC2)c2[nH]cnc2n1. The number of imidazole rings is 1. The second-order valence-electron chi connectivity index (χ2n) is 8.69. The van der Waals surface area contributed by atoms with Gasteiger partial charge < -0.3 is 30.0 Å². The maximum atomic E-state index is 11.8. The summed E-state index contributed by atoms with van der Waals surface area (Å²) in [6.45, 7) is 3.61. The van der Waals surface area contributed by atoms with Crippen LogP contribution >= 0.6 is 0 Å². The Balaban J connectivity index is 1.35. The summed E-state index contributed by atoms with van der Waals surface area (Å²) in [5.74, 6) is 1.74. The fourth-order valence-corrected chi connectivity index (χ4v) is 5.23. The molecule has 2 aromatic heterocycles. The molecule has 13 heteroatoms. The second-order valence-corrected chi connectivity index (χ2v) is 10.7. The zero-order valence-electron chi connectivity index (χ0n) is 19.8. The number of fused-ring (bicyclic) bond motifs is 1. The lowest BCUT2D eigenvalue weighted by atomic mass is 10.1. The number of anilines is 4. The summed E-state index contributed by atoms with van der Waals surface area (Å²) in [4.78, 5) is 18.8. The molecule has 12 nitrogen and oxygen atoms in total. The van der Waals surface area contributed by atoms with Gasteiger partial charge in [-0.1, -0.05) is 0 Å². The third-order valence-corrected chi connectivity index (χ3v) is 7.66. The molecule has 0 bridgehead atoms. The van der Waals surface area contributed by atoms with Crippen LogP contribution < -0.4 is 20.3 Å². The lowest BCUT2D eigenvalue weighted by molar-refractivity contribution is 0.0904. The Kier molecular flexibility index (Phi) is 6.62. The van der Waals surface area contributed by atoms with Crippen LogP contribution in [0.2, 0.25) is 0 Å². The highest BCUT2D eigenvalue weighted by molar-refractivity contribution is 7.88. The highest BCUT2D eigenvalue weighted by atomic mass is 32.2. The number of aromatic nitrogens is 4. The summed E-state index contributed by atoms with van der Waals surface area (Å²) in [6, 6.07) is 6.11. The summed E-state index contributed by atoms with van der Waals surface area (Å²) in [5, 5.41) is 6.77. The molecule has 0 amide bonds. The molecule has 2 fully saturated rings. The first-order chi connectivity index (χ1) is 16.9. The van der Waals surface area contributed by atoms with Crippen molar-refractivity contribution in [1.82, 2.24) is 24.2 Å². The number of aromatic amines is 1. The van der Waals surface area contributed by atoms with Gasteiger partial charge in [-0.05, 0) is 25.0 Å². The van der Waals surface area contributed by atoms with E-state index in [0.29, 0.717) is 49.3 Å². The minimum absolute atomic E-state index is 0.273. The molecule has 35 heavy (non-hydrogen) atoms. The van der Waals surface area contributed by atoms with Gasteiger partial charge >= 0.3 is 0 Å². The molecule has 2 aliphatic rings. The van der Waals surface area contributed by atoms with Gasteiger partial charge in [0.2, 0.25) is 16.0 Å². The number of piperazine rings is 1. The van der Waals surface area contributed by atoms with Gasteiger partial charge in [-0.3, -0.25) is 0 Å². The molecule has 5 rings (SSSR count). The molecule has 0 radical (unpaired) electrons. The molecule has 0 saturated carbocycles. The average molecular weight is 503 g/mol. The predicted octanol–water partition coefficient (Wildman–Crippen LogP) is 1.78. The first-order valence-electron chi connectivity index (χ1n) is 11.6. The molecule has 188 valence electrons. The third kappa shape index (κ3) is 5.26. The van der Waals surface area contributed by atoms with E-state index in [0.717, 1.165) is 42.9 Å². The Morgan fingerprint density at radius 3 is 2.63 bits per heavy atom. The highest BCUT2D eigenvalue weighted by Gasteiger charge is 2.24. The number of rotatable bonds is 7. The van der Waals surface area contributed by atoms with Crippen LogP contribution in [0.3, 0.4) is 0 Å². The fraction of sp³-hybridized carbons (Fsp3) is 0.500. The van der Waals surface area contributed by atoms with Gasteiger partial charge in [0, 0.05) is 57.2 Å². The number of H-pyrrole nitrogens is 1. The van der Waals surface area contributed by atoms with Crippen molar-refractivity contribution < 1.29 is 17.9 Å². The molecule has 0 unspecified atom stereocenters. The van der Waals surface area contributed by atoms with Crippen LogP contribution in [0, 0.1) is 0 Å². The van der Waals surface area contributed by atoms with Crippen LogP contribution in [0.1, 0.15) is 12.8 Å². The van der Waals surface area contributed by atoms with E-state index in [4.69, 9.17) is 14.5 Å². The minimum Gasteiger partial charge on any atom is -0.494 e. The van der Waals surface area contributed by atoms with Crippen molar-refractivity contribution in [2.75, 3.05) is 68.3 Å². The van der Waals surface area contributed by atoms with Crippen LogP contribution in [-0.4, -0.2) is 91.5 Å². The lowest BCUT2D eigenvalue weighted by Crippen LogP contribution is -2.48. The maximum absolute atomic E-state index is 11.8. The summed E-state index contributed by atoms with van der Waals surface area (Å²) < 4.78 is 36.2. The van der Waals surface area contributed by atoms with E-state index < -0.39 is 10.0 Å². The van der Waals surface area contributed by atoms with E-state index in [1.165, 1.54) is 10.6 Å². The van der Waals surface area contributed by atoms with Gasteiger partial charge in [-0.2, -0.15) is 14.3 Å². The Hall–Kier alpha value is -3.16. The number of benzene rings is 1. The lowest BCUT2D eigenvalue weighted by Gasteiger charge is -2.35. The van der Waals surface area contributed by atoms with Crippen LogP contribution in [0.4, 0.5) is 23.1 Å². The Bertz CT molecular complexity index is 1280. The van der Waals surface area contributed by atoms with Crippen LogP contribution in [0.15, 0.2) is 24.5 Å². The first-order valence-corrected chi connectivity index (χ1v) is 13.5. The largest absolute Gasteiger partial charge is 0.494 e. The number of hydrogen-bond acceptors (Lipinski definition) is 10. The smallest absolute Gasteiger partial charge is 0.231 e. The number of methoxy groups -OCH3 is 1. The van der Waals surface area contributed by atoms with E-state index in [1.54, 1.807) is 13.4 Å². The highest BCUT2D eigenvalue weighted by Crippen LogP contribution is 2.33. The van der Waals surface area contributed by atoms with Crippen molar-refractivity contribution in [1.29, 1.82) is 0 Å². The number of sulfonamides is 1. The van der Waals surface area contributed by atoms with Crippen LogP contribution in [-0.2, 0) is 14.8 Å². The Morgan fingerprint density at radius 2 is 1.91 bits per heavy atom. The second kappa shape index (κ2) is 9.84. The molecule has 2 saturated heterocycles. The number of nitrogens with one attached hydrogen (secondary N) is 3. The van der Waals surface area contributed by atoms with E-state index in [9.17, 15) is 8.42 Å². The van der Waals surface area contributed by atoms with Gasteiger partial charge in [-0.25, -0.2) is 13.4 Å². The topological polar surface area (TPSA) is 138 Å². The number of hydrogen-bond donors (Lipinski definition) is 3. The van der Waals surface area contributed by atoms with Crippen LogP contribution in [0.5, 0.6) is 5.75 Å². The van der Waals surface area contributed by atoms with Crippen molar-refractivity contribution in [2.24, 2.45) is 0 Å². The molecule has 1 aromatic carbocycles. The average Bonchev–Trinajstić information content (AvgIpc) is 3.34. The molecule has 2 aliphatic heterocycles. The Labute approximate surface area is 204 Å². The van der Waals surface area contributed by atoms with Gasteiger partial charge in [0.05, 0.1) is 25.4 Å². The molecule has 0 aliphatic carbocycles. The maximum Gasteiger partial charge on any atom is 0.231 e. The molecule has 3 aromatic rings. The summed E-state index contributed by atoms with van der Waals surface area (Å²) in [5.41, 5.74) is 3.01. The van der Waals surface area contributed by atoms with Gasteiger partial charge in [0.15, 0.2) is 11.5 Å². The Morgan fingerprint density at radius 1 is 1.14 bits per heavy atom. The predicted molar refractivity (Wildman–Crippen MR) is 134 cm³/mol. The normalized spacial score (nSPS) is 18.1. The molecule has 0 spiro atoms. The van der Waals surface area contributed by atoms with Crippen molar-refractivity contribution in [2.45, 2.75) is 18.9 Å². The molecular weight excluding hydrogens is 472 g/mol. The monoisotopic (exact) mass is 502 g/mol. The van der Waals surface area contributed by atoms with Crippen molar-refractivity contribution >= 4 is 44.3 Å². The summed E-state index contributed by atoms with van der Waals surface area (Å²) in [7, 11) is -1.56. The third-order valence-electron chi connectivity index (χ3n) is 6.35. The quantitative estimate of drug-likeness (QED) is 0.438. The zero-order valence-corrected chi connectivity index (χ0v) is 20.6.